The number of fused-ring (bicyclic) bond motifs is 8. The maximum Gasteiger partial charge on any atom is 0.178 e. The third-order valence-corrected chi connectivity index (χ3v) is 13.6. The van der Waals surface area contributed by atoms with E-state index in [1.807, 2.05) is 66.7 Å². The van der Waals surface area contributed by atoms with Crippen molar-refractivity contribution in [3.8, 4) is 73.7 Å². The van der Waals surface area contributed by atoms with Crippen LogP contribution in [0.15, 0.2) is 182 Å². The molecule has 0 amide bonds. The molecule has 1 aliphatic heterocycles. The van der Waals surface area contributed by atoms with Crippen molar-refractivity contribution in [2.45, 2.75) is 37.7 Å². The molecule has 2 heterocycles. The highest BCUT2D eigenvalue weighted by Crippen LogP contribution is 2.61. The smallest absolute Gasteiger partial charge is 0.178 e. The molecule has 1 atom stereocenters. The van der Waals surface area contributed by atoms with E-state index in [9.17, 15) is 0 Å². The van der Waals surface area contributed by atoms with Gasteiger partial charge in [-0.2, -0.15) is 0 Å². The van der Waals surface area contributed by atoms with E-state index in [0.29, 0.717) is 29.0 Å². The van der Waals surface area contributed by atoms with Gasteiger partial charge < -0.3 is 14.2 Å². The molecule has 6 heteroatoms. The lowest BCUT2D eigenvalue weighted by atomic mass is 9.71. The van der Waals surface area contributed by atoms with E-state index < -0.39 is 5.60 Å². The molecule has 65 heavy (non-hydrogen) atoms. The number of aromatic nitrogens is 3. The van der Waals surface area contributed by atoms with Crippen LogP contribution in [0, 0.1) is 0 Å². The Labute approximate surface area is 379 Å². The summed E-state index contributed by atoms with van der Waals surface area (Å²) in [7, 11) is 3.39. The van der Waals surface area contributed by atoms with E-state index in [4.69, 9.17) is 29.2 Å². The summed E-state index contributed by atoms with van der Waals surface area (Å²) in [6.45, 7) is 4.62. The Morgan fingerprint density at radius 1 is 0.492 bits per heavy atom. The van der Waals surface area contributed by atoms with E-state index in [1.54, 1.807) is 14.2 Å². The van der Waals surface area contributed by atoms with Crippen molar-refractivity contribution in [3.05, 3.63) is 210 Å². The molecule has 11 rings (SSSR count). The predicted octanol–water partition coefficient (Wildman–Crippen LogP) is 14.1. The van der Waals surface area contributed by atoms with Crippen molar-refractivity contribution in [3.63, 3.8) is 0 Å². The Hall–Kier alpha value is -7.83. The summed E-state index contributed by atoms with van der Waals surface area (Å²) in [5.41, 5.74) is 12.0. The van der Waals surface area contributed by atoms with Crippen molar-refractivity contribution >= 4 is 16.8 Å². The molecule has 1 aromatic heterocycles. The fraction of sp³-hybridized carbons (Fsp3) is 0.136. The van der Waals surface area contributed by atoms with Gasteiger partial charge in [0.15, 0.2) is 34.6 Å². The molecular formula is C59H47N3O3. The second-order valence-electron chi connectivity index (χ2n) is 16.8. The first kappa shape index (κ1) is 40.0. The topological polar surface area (TPSA) is 66.4 Å². The van der Waals surface area contributed by atoms with Crippen LogP contribution in [0.3, 0.4) is 0 Å². The average molecular weight is 846 g/mol. The molecule has 0 radical (unpaired) electrons. The summed E-state index contributed by atoms with van der Waals surface area (Å²) < 4.78 is 19.8. The van der Waals surface area contributed by atoms with Gasteiger partial charge in [-0.25, -0.2) is 15.0 Å². The van der Waals surface area contributed by atoms with Crippen molar-refractivity contribution in [1.82, 2.24) is 15.0 Å². The van der Waals surface area contributed by atoms with Crippen LogP contribution in [-0.2, 0) is 11.0 Å². The van der Waals surface area contributed by atoms with E-state index in [2.05, 4.69) is 135 Å². The summed E-state index contributed by atoms with van der Waals surface area (Å²) in [6.07, 6.45) is 6.46. The Balaban J connectivity index is 1.12. The Kier molecular flexibility index (Phi) is 9.88. The Morgan fingerprint density at radius 2 is 0.938 bits per heavy atom. The van der Waals surface area contributed by atoms with E-state index in [0.717, 1.165) is 73.9 Å². The van der Waals surface area contributed by atoms with Crippen LogP contribution < -0.4 is 14.2 Å². The highest BCUT2D eigenvalue weighted by atomic mass is 16.5. The first-order chi connectivity index (χ1) is 32.0. The summed E-state index contributed by atoms with van der Waals surface area (Å²) in [6, 6.07) is 61.1. The molecule has 8 aromatic carbocycles. The zero-order chi connectivity index (χ0) is 44.1. The van der Waals surface area contributed by atoms with E-state index in [-0.39, 0.29) is 5.41 Å². The second kappa shape index (κ2) is 16.1. The zero-order valence-corrected chi connectivity index (χ0v) is 36.9. The van der Waals surface area contributed by atoms with Gasteiger partial charge in [-0.15, -0.1) is 0 Å². The number of ether oxygens (including phenoxy) is 3. The minimum absolute atomic E-state index is 0.216. The van der Waals surface area contributed by atoms with Gasteiger partial charge >= 0.3 is 0 Å². The summed E-state index contributed by atoms with van der Waals surface area (Å²) >= 11 is 0. The molecule has 0 saturated heterocycles. The van der Waals surface area contributed by atoms with Gasteiger partial charge in [0.05, 0.1) is 14.2 Å². The van der Waals surface area contributed by atoms with Gasteiger partial charge in [0.25, 0.3) is 0 Å². The highest BCUT2D eigenvalue weighted by molar-refractivity contribution is 6.09. The number of methoxy groups -OCH3 is 2. The van der Waals surface area contributed by atoms with Gasteiger partial charge in [-0.3, -0.25) is 0 Å². The third kappa shape index (κ3) is 6.42. The zero-order valence-electron chi connectivity index (χ0n) is 36.9. The van der Waals surface area contributed by atoms with Gasteiger partial charge in [0.1, 0.15) is 5.75 Å². The quantitative estimate of drug-likeness (QED) is 0.137. The van der Waals surface area contributed by atoms with Gasteiger partial charge in [-0.1, -0.05) is 184 Å². The van der Waals surface area contributed by atoms with Crippen LogP contribution in [0.4, 0.5) is 0 Å². The van der Waals surface area contributed by atoms with E-state index in [1.165, 1.54) is 22.3 Å². The summed E-state index contributed by atoms with van der Waals surface area (Å²) in [4.78, 5) is 15.0. The lowest BCUT2D eigenvalue weighted by molar-refractivity contribution is 0.163. The standard InChI is InChI=1S/C59H47N3O3/c1-5-58(6-2)49-25-17-16-24-45(49)52-47-36-50(63-3)51(64-4)37-48(47)54-46(53(52)58)34-35-59(65-54,43-30-26-39(27-31-43)38-18-10-7-11-19-38)44-32-28-42(29-33-44)57-61-55(40-20-12-8-13-21-40)60-56(62-57)41-22-14-9-15-23-41/h7-37H,5-6H2,1-4H3. The van der Waals surface area contributed by atoms with Crippen LogP contribution in [0.5, 0.6) is 17.2 Å². The molecule has 1 unspecified atom stereocenters. The molecule has 0 N–H and O–H groups in total. The summed E-state index contributed by atoms with van der Waals surface area (Å²) in [5.74, 6) is 3.97. The fourth-order valence-corrected chi connectivity index (χ4v) is 10.3. The van der Waals surface area contributed by atoms with Crippen molar-refractivity contribution in [2.24, 2.45) is 0 Å². The molecule has 1 aliphatic carbocycles. The molecule has 0 spiro atoms. The molecule has 6 nitrogen and oxygen atoms in total. The first-order valence-corrected chi connectivity index (χ1v) is 22.4. The minimum Gasteiger partial charge on any atom is -0.493 e. The normalized spacial score (nSPS) is 15.4. The lowest BCUT2D eigenvalue weighted by Crippen LogP contribution is -2.35. The molecule has 0 fully saturated rings. The lowest BCUT2D eigenvalue weighted by Gasteiger charge is -2.39. The largest absolute Gasteiger partial charge is 0.493 e. The molecular weight excluding hydrogens is 799 g/mol. The van der Waals surface area contributed by atoms with Crippen molar-refractivity contribution in [1.29, 1.82) is 0 Å². The molecule has 316 valence electrons. The van der Waals surface area contributed by atoms with Crippen LogP contribution in [0.2, 0.25) is 0 Å². The fourth-order valence-electron chi connectivity index (χ4n) is 10.3. The number of hydrogen-bond acceptors (Lipinski definition) is 6. The number of rotatable bonds is 10. The van der Waals surface area contributed by atoms with E-state index >= 15 is 0 Å². The number of benzene rings is 8. The SMILES string of the molecule is CCC1(CC)c2ccccc2-c2c1c1c(c3cc(OC)c(OC)cc23)OC(c2ccc(-c3ccccc3)cc2)(c2ccc(-c3nc(-c4ccccc4)nc(-c4ccccc4)n3)cc2)C=C1. The minimum atomic E-state index is -1.02. The number of nitrogens with zero attached hydrogens (tertiary/aromatic N) is 3. The molecule has 9 aromatic rings. The van der Waals surface area contributed by atoms with Gasteiger partial charge in [-0.05, 0) is 69.8 Å². The van der Waals surface area contributed by atoms with Crippen molar-refractivity contribution in [2.75, 3.05) is 14.2 Å². The Bertz CT molecular complexity index is 3200. The Morgan fingerprint density at radius 3 is 1.46 bits per heavy atom. The maximum atomic E-state index is 7.81. The monoisotopic (exact) mass is 845 g/mol. The third-order valence-electron chi connectivity index (χ3n) is 13.6. The molecule has 2 aliphatic rings. The predicted molar refractivity (Wildman–Crippen MR) is 262 cm³/mol. The van der Waals surface area contributed by atoms with Gasteiger partial charge in [0.2, 0.25) is 0 Å². The van der Waals surface area contributed by atoms with Crippen LogP contribution in [0.25, 0.3) is 73.3 Å². The highest BCUT2D eigenvalue weighted by Gasteiger charge is 2.47. The van der Waals surface area contributed by atoms with Crippen LogP contribution in [0.1, 0.15) is 54.5 Å². The maximum absolute atomic E-state index is 7.81. The molecule has 0 saturated carbocycles. The average Bonchev–Trinajstić information content (AvgIpc) is 3.69. The summed E-state index contributed by atoms with van der Waals surface area (Å²) in [5, 5.41) is 2.04. The van der Waals surface area contributed by atoms with Crippen LogP contribution >= 0.6 is 0 Å². The number of hydrogen-bond donors (Lipinski definition) is 0. The van der Waals surface area contributed by atoms with Crippen LogP contribution in [-0.4, -0.2) is 29.2 Å². The second-order valence-corrected chi connectivity index (χ2v) is 16.8. The van der Waals surface area contributed by atoms with Crippen molar-refractivity contribution < 1.29 is 14.2 Å². The molecule has 0 bridgehead atoms. The first-order valence-electron chi connectivity index (χ1n) is 22.4. The van der Waals surface area contributed by atoms with Gasteiger partial charge in [0, 0.05) is 44.2 Å².